The maximum atomic E-state index is 9.47. The molecule has 1 N–H and O–H groups in total. The molecule has 0 bridgehead atoms. The molecule has 0 atom stereocenters. The van der Waals surface area contributed by atoms with Crippen LogP contribution in [0.1, 0.15) is 11.1 Å². The summed E-state index contributed by atoms with van der Waals surface area (Å²) in [6.07, 6.45) is 3.50. The van der Waals surface area contributed by atoms with Crippen molar-refractivity contribution in [3.8, 4) is 17.2 Å². The second-order valence-electron chi connectivity index (χ2n) is 6.08. The van der Waals surface area contributed by atoms with Crippen molar-refractivity contribution in [2.24, 2.45) is 0 Å². The summed E-state index contributed by atoms with van der Waals surface area (Å²) >= 11 is 7.66. The third-order valence-electron chi connectivity index (χ3n) is 4.03. The average Bonchev–Trinajstić information content (AvgIpc) is 3.21. The number of hydrogen-bond donors (Lipinski definition) is 1. The number of phenols is 1. The topological polar surface area (TPSA) is 86.0 Å². The van der Waals surface area contributed by atoms with Crippen LogP contribution in [0.25, 0.3) is 5.69 Å². The summed E-state index contributed by atoms with van der Waals surface area (Å²) in [7, 11) is 0. The molecule has 2 aromatic heterocycles. The normalized spacial score (nSPS) is 10.8. The Morgan fingerprint density at radius 1 is 1.10 bits per heavy atom. The summed E-state index contributed by atoms with van der Waals surface area (Å²) in [4.78, 5) is 4.10. The van der Waals surface area contributed by atoms with E-state index in [0.717, 1.165) is 22.6 Å². The number of aromatic nitrogens is 5. The Morgan fingerprint density at radius 2 is 1.97 bits per heavy atom. The van der Waals surface area contributed by atoms with Gasteiger partial charge in [0.2, 0.25) is 5.16 Å². The first-order valence-corrected chi connectivity index (χ1v) is 10.1. The number of halogens is 1. The van der Waals surface area contributed by atoms with Crippen molar-refractivity contribution in [1.29, 1.82) is 0 Å². The van der Waals surface area contributed by atoms with Gasteiger partial charge >= 0.3 is 0 Å². The lowest BCUT2D eigenvalue weighted by Crippen LogP contribution is -2.00. The van der Waals surface area contributed by atoms with Crippen LogP contribution in [0.2, 0.25) is 5.02 Å². The van der Waals surface area contributed by atoms with Gasteiger partial charge in [-0.15, -0.1) is 5.10 Å². The molecule has 9 heteroatoms. The molecule has 7 nitrogen and oxygen atoms in total. The Morgan fingerprint density at radius 3 is 2.76 bits per heavy atom. The number of aromatic hydroxyl groups is 1. The van der Waals surface area contributed by atoms with E-state index in [9.17, 15) is 5.11 Å². The van der Waals surface area contributed by atoms with E-state index in [4.69, 9.17) is 16.3 Å². The summed E-state index contributed by atoms with van der Waals surface area (Å²) < 4.78 is 7.59. The smallest absolute Gasteiger partial charge is 0.214 e. The van der Waals surface area contributed by atoms with Gasteiger partial charge in [0.15, 0.2) is 0 Å². The van der Waals surface area contributed by atoms with Crippen LogP contribution in [0, 0.1) is 0 Å². The number of pyridine rings is 1. The molecule has 0 fully saturated rings. The first-order valence-electron chi connectivity index (χ1n) is 8.70. The first-order chi connectivity index (χ1) is 14.2. The Hall–Kier alpha value is -3.10. The SMILES string of the molecule is Oc1ccc(-n2nnnc2SCc2cc(Cl)ccc2OCc2cccnc2)cc1. The van der Waals surface area contributed by atoms with Gasteiger partial charge in [-0.3, -0.25) is 4.98 Å². The van der Waals surface area contributed by atoms with Crippen molar-refractivity contribution in [2.45, 2.75) is 17.5 Å². The quantitative estimate of drug-likeness (QED) is 0.442. The Balaban J connectivity index is 1.49. The van der Waals surface area contributed by atoms with E-state index in [2.05, 4.69) is 20.5 Å². The highest BCUT2D eigenvalue weighted by Gasteiger charge is 2.12. The lowest BCUT2D eigenvalue weighted by molar-refractivity contribution is 0.303. The molecule has 0 radical (unpaired) electrons. The molecule has 2 aromatic carbocycles. The standard InChI is InChI=1S/C20H16ClN5O2S/c21-16-3-8-19(28-12-14-2-1-9-22-11-14)15(10-16)13-29-20-23-24-25-26(20)17-4-6-18(27)7-5-17/h1-11,27H,12-13H2. The van der Waals surface area contributed by atoms with E-state index in [1.165, 1.54) is 11.8 Å². The van der Waals surface area contributed by atoms with Crippen LogP contribution in [-0.4, -0.2) is 30.3 Å². The van der Waals surface area contributed by atoms with Crippen LogP contribution in [0.4, 0.5) is 0 Å². The van der Waals surface area contributed by atoms with Crippen molar-refractivity contribution in [1.82, 2.24) is 25.2 Å². The Labute approximate surface area is 176 Å². The van der Waals surface area contributed by atoms with E-state index >= 15 is 0 Å². The van der Waals surface area contributed by atoms with Crippen molar-refractivity contribution in [3.63, 3.8) is 0 Å². The molecule has 4 aromatic rings. The molecule has 0 unspecified atom stereocenters. The van der Waals surface area contributed by atoms with Crippen molar-refractivity contribution in [2.75, 3.05) is 0 Å². The number of rotatable bonds is 7. The number of ether oxygens (including phenoxy) is 1. The Kier molecular flexibility index (Phi) is 5.92. The summed E-state index contributed by atoms with van der Waals surface area (Å²) in [5.41, 5.74) is 2.68. The highest BCUT2D eigenvalue weighted by Crippen LogP contribution is 2.30. The minimum absolute atomic E-state index is 0.186. The molecule has 4 rings (SSSR count). The molecular formula is C20H16ClN5O2S. The highest BCUT2D eigenvalue weighted by molar-refractivity contribution is 7.98. The number of thioether (sulfide) groups is 1. The molecule has 0 saturated carbocycles. The monoisotopic (exact) mass is 425 g/mol. The summed E-state index contributed by atoms with van der Waals surface area (Å²) in [6, 6.07) is 16.0. The number of nitrogens with zero attached hydrogens (tertiary/aromatic N) is 5. The molecule has 0 amide bonds. The van der Waals surface area contributed by atoms with Gasteiger partial charge in [-0.2, -0.15) is 4.68 Å². The lowest BCUT2D eigenvalue weighted by Gasteiger charge is -2.12. The fourth-order valence-corrected chi connectivity index (χ4v) is 3.68. The summed E-state index contributed by atoms with van der Waals surface area (Å²) in [6.45, 7) is 0.415. The molecule has 0 aliphatic carbocycles. The van der Waals surface area contributed by atoms with Crippen LogP contribution >= 0.6 is 23.4 Å². The van der Waals surface area contributed by atoms with Gasteiger partial charge in [0.05, 0.1) is 5.69 Å². The van der Waals surface area contributed by atoms with Gasteiger partial charge in [0.1, 0.15) is 18.1 Å². The van der Waals surface area contributed by atoms with Crippen LogP contribution in [0.15, 0.2) is 72.1 Å². The van der Waals surface area contributed by atoms with Crippen molar-refractivity contribution in [3.05, 3.63) is 83.1 Å². The van der Waals surface area contributed by atoms with Gasteiger partial charge < -0.3 is 9.84 Å². The highest BCUT2D eigenvalue weighted by atomic mass is 35.5. The minimum Gasteiger partial charge on any atom is -0.508 e. The van der Waals surface area contributed by atoms with E-state index < -0.39 is 0 Å². The van der Waals surface area contributed by atoms with Gasteiger partial charge in [0.25, 0.3) is 0 Å². The van der Waals surface area contributed by atoms with Crippen molar-refractivity contribution < 1.29 is 9.84 Å². The predicted octanol–water partition coefficient (Wildman–Crippen LogP) is 4.29. The van der Waals surface area contributed by atoms with Crippen LogP contribution < -0.4 is 4.74 Å². The van der Waals surface area contributed by atoms with Gasteiger partial charge in [-0.25, -0.2) is 0 Å². The zero-order valence-electron chi connectivity index (χ0n) is 15.1. The molecule has 0 spiro atoms. The lowest BCUT2D eigenvalue weighted by atomic mass is 10.2. The maximum absolute atomic E-state index is 9.47. The Bertz CT molecular complexity index is 1090. The molecule has 0 aliphatic heterocycles. The largest absolute Gasteiger partial charge is 0.508 e. The van der Waals surface area contributed by atoms with Crippen LogP contribution in [-0.2, 0) is 12.4 Å². The molecular weight excluding hydrogens is 410 g/mol. The second kappa shape index (κ2) is 8.93. The van der Waals surface area contributed by atoms with Crippen LogP contribution in [0.5, 0.6) is 11.5 Å². The van der Waals surface area contributed by atoms with E-state index in [1.807, 2.05) is 24.3 Å². The van der Waals surface area contributed by atoms with Gasteiger partial charge in [0, 0.05) is 34.3 Å². The average molecular weight is 426 g/mol. The number of phenolic OH excluding ortho intramolecular Hbond substituents is 1. The summed E-state index contributed by atoms with van der Waals surface area (Å²) in [5.74, 6) is 1.50. The zero-order valence-corrected chi connectivity index (χ0v) is 16.7. The third kappa shape index (κ3) is 4.85. The van der Waals surface area contributed by atoms with Gasteiger partial charge in [-0.05, 0) is 59.0 Å². The van der Waals surface area contributed by atoms with E-state index in [1.54, 1.807) is 47.4 Å². The summed E-state index contributed by atoms with van der Waals surface area (Å²) in [5, 5.41) is 22.6. The maximum Gasteiger partial charge on any atom is 0.214 e. The molecule has 2 heterocycles. The second-order valence-corrected chi connectivity index (χ2v) is 7.46. The third-order valence-corrected chi connectivity index (χ3v) is 5.23. The molecule has 146 valence electrons. The molecule has 0 aliphatic rings. The zero-order chi connectivity index (χ0) is 20.1. The van der Waals surface area contributed by atoms with E-state index in [-0.39, 0.29) is 5.75 Å². The van der Waals surface area contributed by atoms with Crippen LogP contribution in [0.3, 0.4) is 0 Å². The minimum atomic E-state index is 0.186. The fourth-order valence-electron chi connectivity index (χ4n) is 2.61. The molecule has 29 heavy (non-hydrogen) atoms. The fraction of sp³-hybridized carbons (Fsp3) is 0.100. The number of tetrazole rings is 1. The predicted molar refractivity (Wildman–Crippen MR) is 110 cm³/mol. The van der Waals surface area contributed by atoms with E-state index in [0.29, 0.717) is 22.5 Å². The number of benzene rings is 2. The van der Waals surface area contributed by atoms with Gasteiger partial charge in [-0.1, -0.05) is 29.4 Å². The van der Waals surface area contributed by atoms with Crippen molar-refractivity contribution >= 4 is 23.4 Å². The number of hydrogen-bond acceptors (Lipinski definition) is 7. The molecule has 0 saturated heterocycles. The first kappa shape index (κ1) is 19.2.